The van der Waals surface area contributed by atoms with Crippen molar-refractivity contribution >= 4 is 10.0 Å². The van der Waals surface area contributed by atoms with Crippen LogP contribution in [0.25, 0.3) is 0 Å². The van der Waals surface area contributed by atoms with E-state index < -0.39 is 10.0 Å². The van der Waals surface area contributed by atoms with Crippen LogP contribution in [0.2, 0.25) is 0 Å². The zero-order chi connectivity index (χ0) is 15.2. The predicted molar refractivity (Wildman–Crippen MR) is 84.4 cm³/mol. The molecular formula is C14H31N3O2S. The first-order valence-corrected chi connectivity index (χ1v) is 9.56. The van der Waals surface area contributed by atoms with Crippen molar-refractivity contribution in [1.29, 1.82) is 0 Å². The molecule has 1 aliphatic rings. The molecule has 1 aliphatic heterocycles. The van der Waals surface area contributed by atoms with Crippen LogP contribution in [-0.2, 0) is 10.0 Å². The molecule has 0 amide bonds. The van der Waals surface area contributed by atoms with Crippen molar-refractivity contribution in [2.45, 2.75) is 39.2 Å². The van der Waals surface area contributed by atoms with Crippen LogP contribution in [0.3, 0.4) is 0 Å². The smallest absolute Gasteiger partial charge is 0.211 e. The molecule has 1 rings (SSSR count). The minimum absolute atomic E-state index is 0.525. The quantitative estimate of drug-likeness (QED) is 0.679. The number of nitrogens with zero attached hydrogens (tertiary/aromatic N) is 2. The van der Waals surface area contributed by atoms with E-state index in [1.807, 2.05) is 6.92 Å². The van der Waals surface area contributed by atoms with Crippen LogP contribution >= 0.6 is 0 Å². The van der Waals surface area contributed by atoms with Crippen LogP contribution < -0.4 is 5.32 Å². The molecule has 1 N–H and O–H groups in total. The second-order valence-electron chi connectivity index (χ2n) is 5.99. The van der Waals surface area contributed by atoms with Gasteiger partial charge in [-0.15, -0.1) is 0 Å². The van der Waals surface area contributed by atoms with E-state index in [2.05, 4.69) is 24.2 Å². The summed E-state index contributed by atoms with van der Waals surface area (Å²) in [5, 5.41) is 3.56. The monoisotopic (exact) mass is 305 g/mol. The van der Waals surface area contributed by atoms with Crippen LogP contribution in [0.1, 0.15) is 33.1 Å². The number of likely N-dealkylation sites (tertiary alicyclic amines) is 1. The Morgan fingerprint density at radius 3 is 2.45 bits per heavy atom. The molecule has 1 atom stereocenters. The normalized spacial score (nSPS) is 20.4. The van der Waals surface area contributed by atoms with Crippen molar-refractivity contribution in [3.8, 4) is 0 Å². The van der Waals surface area contributed by atoms with Crippen molar-refractivity contribution in [3.63, 3.8) is 0 Å². The molecule has 5 nitrogen and oxygen atoms in total. The highest BCUT2D eigenvalue weighted by molar-refractivity contribution is 7.88. The molecule has 0 aliphatic carbocycles. The fourth-order valence-corrected chi connectivity index (χ4v) is 3.77. The summed E-state index contributed by atoms with van der Waals surface area (Å²) in [6.45, 7) is 8.58. The lowest BCUT2D eigenvalue weighted by Gasteiger charge is -2.33. The maximum atomic E-state index is 11.5. The molecule has 6 heteroatoms. The van der Waals surface area contributed by atoms with E-state index in [0.717, 1.165) is 18.9 Å². The zero-order valence-corrected chi connectivity index (χ0v) is 14.2. The van der Waals surface area contributed by atoms with Crippen molar-refractivity contribution in [3.05, 3.63) is 0 Å². The van der Waals surface area contributed by atoms with Gasteiger partial charge in [0.25, 0.3) is 0 Å². The molecule has 1 unspecified atom stereocenters. The van der Waals surface area contributed by atoms with E-state index in [0.29, 0.717) is 19.1 Å². The SMILES string of the molecule is CCN(CCCNC(C)C1CCN(C)CC1)S(C)(=O)=O. The van der Waals surface area contributed by atoms with Gasteiger partial charge in [0.1, 0.15) is 0 Å². The zero-order valence-electron chi connectivity index (χ0n) is 13.4. The summed E-state index contributed by atoms with van der Waals surface area (Å²) in [5.41, 5.74) is 0. The van der Waals surface area contributed by atoms with Crippen LogP contribution in [0.15, 0.2) is 0 Å². The van der Waals surface area contributed by atoms with Gasteiger partial charge < -0.3 is 10.2 Å². The first-order valence-electron chi connectivity index (χ1n) is 7.71. The summed E-state index contributed by atoms with van der Waals surface area (Å²) in [6.07, 6.45) is 4.67. The Morgan fingerprint density at radius 1 is 1.35 bits per heavy atom. The van der Waals surface area contributed by atoms with Crippen molar-refractivity contribution in [2.24, 2.45) is 5.92 Å². The number of nitrogens with one attached hydrogen (secondary N) is 1. The third-order valence-corrected chi connectivity index (χ3v) is 5.72. The third kappa shape index (κ3) is 6.08. The van der Waals surface area contributed by atoms with Gasteiger partial charge in [0.05, 0.1) is 6.26 Å². The van der Waals surface area contributed by atoms with E-state index >= 15 is 0 Å². The van der Waals surface area contributed by atoms with Gasteiger partial charge in [-0.25, -0.2) is 12.7 Å². The molecule has 20 heavy (non-hydrogen) atoms. The molecule has 0 spiro atoms. The fraction of sp³-hybridized carbons (Fsp3) is 1.00. The summed E-state index contributed by atoms with van der Waals surface area (Å²) in [4.78, 5) is 2.38. The number of rotatable bonds is 8. The number of hydrogen-bond acceptors (Lipinski definition) is 4. The lowest BCUT2D eigenvalue weighted by Crippen LogP contribution is -2.41. The molecule has 0 bridgehead atoms. The van der Waals surface area contributed by atoms with E-state index in [9.17, 15) is 8.42 Å². The van der Waals surface area contributed by atoms with E-state index in [4.69, 9.17) is 0 Å². The highest BCUT2D eigenvalue weighted by Crippen LogP contribution is 2.19. The topological polar surface area (TPSA) is 52.6 Å². The number of hydrogen-bond donors (Lipinski definition) is 1. The Bertz CT molecular complexity index is 365. The Balaban J connectivity index is 2.20. The first kappa shape index (κ1) is 17.9. The highest BCUT2D eigenvalue weighted by atomic mass is 32.2. The summed E-state index contributed by atoms with van der Waals surface area (Å²) in [6, 6.07) is 0.525. The minimum atomic E-state index is -3.04. The lowest BCUT2D eigenvalue weighted by molar-refractivity contribution is 0.189. The third-order valence-electron chi connectivity index (χ3n) is 4.34. The van der Waals surface area contributed by atoms with Gasteiger partial charge >= 0.3 is 0 Å². The molecule has 1 heterocycles. The summed E-state index contributed by atoms with van der Waals surface area (Å²) < 4.78 is 24.5. The van der Waals surface area contributed by atoms with Gasteiger partial charge in [0.2, 0.25) is 10.0 Å². The summed E-state index contributed by atoms with van der Waals surface area (Å²) in [5.74, 6) is 0.753. The van der Waals surface area contributed by atoms with Gasteiger partial charge in [-0.05, 0) is 58.8 Å². The van der Waals surface area contributed by atoms with E-state index in [1.54, 1.807) is 0 Å². The van der Waals surface area contributed by atoms with E-state index in [-0.39, 0.29) is 0 Å². The van der Waals surface area contributed by atoms with Crippen molar-refractivity contribution in [1.82, 2.24) is 14.5 Å². The lowest BCUT2D eigenvalue weighted by atomic mass is 9.90. The van der Waals surface area contributed by atoms with Crippen molar-refractivity contribution < 1.29 is 8.42 Å². The molecule has 0 aromatic carbocycles. The van der Waals surface area contributed by atoms with Gasteiger partial charge in [-0.3, -0.25) is 0 Å². The summed E-state index contributed by atoms with van der Waals surface area (Å²) >= 11 is 0. The second-order valence-corrected chi connectivity index (χ2v) is 7.97. The minimum Gasteiger partial charge on any atom is -0.314 e. The Morgan fingerprint density at radius 2 is 1.95 bits per heavy atom. The maximum absolute atomic E-state index is 11.5. The molecule has 1 fully saturated rings. The van der Waals surface area contributed by atoms with Crippen LogP contribution in [-0.4, -0.2) is 69.7 Å². The molecule has 0 aromatic heterocycles. The standard InChI is InChI=1S/C14H31N3O2S/c1-5-17(20(4,18)19)10-6-9-15-13(2)14-7-11-16(3)12-8-14/h13-15H,5-12H2,1-4H3. The van der Waals surface area contributed by atoms with Crippen LogP contribution in [0.4, 0.5) is 0 Å². The van der Waals surface area contributed by atoms with E-state index in [1.165, 1.54) is 36.5 Å². The van der Waals surface area contributed by atoms with Gasteiger partial charge in [-0.2, -0.15) is 0 Å². The van der Waals surface area contributed by atoms with Crippen LogP contribution in [0, 0.1) is 5.92 Å². The predicted octanol–water partition coefficient (Wildman–Crippen LogP) is 0.978. The van der Waals surface area contributed by atoms with Gasteiger partial charge in [0, 0.05) is 19.1 Å². The number of sulfonamides is 1. The van der Waals surface area contributed by atoms with Gasteiger partial charge in [-0.1, -0.05) is 6.92 Å². The number of piperidine rings is 1. The fourth-order valence-electron chi connectivity index (χ4n) is 2.84. The highest BCUT2D eigenvalue weighted by Gasteiger charge is 2.21. The molecular weight excluding hydrogens is 274 g/mol. The molecule has 1 saturated heterocycles. The Labute approximate surface area is 124 Å². The average Bonchev–Trinajstić information content (AvgIpc) is 2.37. The largest absolute Gasteiger partial charge is 0.314 e. The maximum Gasteiger partial charge on any atom is 0.211 e. The molecule has 0 radical (unpaired) electrons. The molecule has 120 valence electrons. The Hall–Kier alpha value is -0.170. The first-order chi connectivity index (χ1) is 9.34. The second kappa shape index (κ2) is 8.32. The molecule has 0 aromatic rings. The summed E-state index contributed by atoms with van der Waals surface area (Å²) in [7, 11) is -0.863. The van der Waals surface area contributed by atoms with Gasteiger partial charge in [0.15, 0.2) is 0 Å². The van der Waals surface area contributed by atoms with Crippen LogP contribution in [0.5, 0.6) is 0 Å². The molecule has 0 saturated carbocycles. The average molecular weight is 305 g/mol. The van der Waals surface area contributed by atoms with Crippen molar-refractivity contribution in [2.75, 3.05) is 46.0 Å². The Kier molecular flexibility index (Phi) is 7.43.